The topological polar surface area (TPSA) is 12.0 Å². The van der Waals surface area contributed by atoms with Crippen LogP contribution in [0.4, 0.5) is 0 Å². The molecule has 0 heterocycles. The lowest BCUT2D eigenvalue weighted by atomic mass is 9.98. The van der Waals surface area contributed by atoms with Crippen LogP contribution in [-0.2, 0) is 6.42 Å². The maximum atomic E-state index is 6.39. The minimum absolute atomic E-state index is 0.149. The molecule has 0 spiro atoms. The van der Waals surface area contributed by atoms with Crippen molar-refractivity contribution in [2.24, 2.45) is 0 Å². The molecule has 2 aromatic rings. The van der Waals surface area contributed by atoms with E-state index < -0.39 is 0 Å². The first-order chi connectivity index (χ1) is 10.0. The van der Waals surface area contributed by atoms with Crippen LogP contribution in [0.15, 0.2) is 40.9 Å². The second-order valence-electron chi connectivity index (χ2n) is 5.08. The molecular formula is C17H18BrCl2N. The Labute approximate surface area is 144 Å². The van der Waals surface area contributed by atoms with Crippen molar-refractivity contribution in [3.63, 3.8) is 0 Å². The van der Waals surface area contributed by atoms with Gasteiger partial charge in [-0.1, -0.05) is 64.3 Å². The third-order valence-corrected chi connectivity index (χ3v) is 4.59. The van der Waals surface area contributed by atoms with Crippen molar-refractivity contribution in [2.45, 2.75) is 26.3 Å². The number of halogens is 3. The molecule has 0 fully saturated rings. The standard InChI is InChI=1S/C17H18BrCl2N/c1-3-21-17(14-7-6-13(18)10-16(14)20)9-12-5-4-11(2)8-15(12)19/h4-8,10,17,21H,3,9H2,1-2H3. The number of hydrogen-bond acceptors (Lipinski definition) is 1. The van der Waals surface area contributed by atoms with Crippen LogP contribution in [0.25, 0.3) is 0 Å². The third kappa shape index (κ3) is 4.46. The van der Waals surface area contributed by atoms with Gasteiger partial charge in [-0.25, -0.2) is 0 Å². The predicted octanol–water partition coefficient (Wildman–Crippen LogP) is 5.96. The third-order valence-electron chi connectivity index (χ3n) is 3.42. The summed E-state index contributed by atoms with van der Waals surface area (Å²) in [6, 6.07) is 12.3. The van der Waals surface area contributed by atoms with Gasteiger partial charge in [-0.05, 0) is 54.8 Å². The molecule has 4 heteroatoms. The summed E-state index contributed by atoms with van der Waals surface area (Å²) in [6.45, 7) is 5.01. The quantitative estimate of drug-likeness (QED) is 0.668. The Hall–Kier alpha value is -0.540. The second-order valence-corrected chi connectivity index (χ2v) is 6.81. The summed E-state index contributed by atoms with van der Waals surface area (Å²) in [5.74, 6) is 0. The van der Waals surface area contributed by atoms with E-state index in [0.29, 0.717) is 0 Å². The molecule has 0 aliphatic carbocycles. The monoisotopic (exact) mass is 385 g/mol. The lowest BCUT2D eigenvalue weighted by Crippen LogP contribution is -2.23. The normalized spacial score (nSPS) is 12.4. The van der Waals surface area contributed by atoms with Crippen molar-refractivity contribution in [1.82, 2.24) is 5.32 Å². The smallest absolute Gasteiger partial charge is 0.0465 e. The van der Waals surface area contributed by atoms with Crippen molar-refractivity contribution in [3.05, 3.63) is 67.6 Å². The van der Waals surface area contributed by atoms with Crippen LogP contribution < -0.4 is 5.32 Å². The maximum Gasteiger partial charge on any atom is 0.0465 e. The Morgan fingerprint density at radius 2 is 1.86 bits per heavy atom. The molecule has 21 heavy (non-hydrogen) atoms. The molecule has 0 saturated heterocycles. The van der Waals surface area contributed by atoms with E-state index in [1.54, 1.807) is 0 Å². The minimum atomic E-state index is 0.149. The van der Waals surface area contributed by atoms with Crippen LogP contribution in [0.5, 0.6) is 0 Å². The first-order valence-corrected chi connectivity index (χ1v) is 8.49. The summed E-state index contributed by atoms with van der Waals surface area (Å²) in [6.07, 6.45) is 0.814. The Balaban J connectivity index is 2.30. The molecule has 2 aromatic carbocycles. The summed E-state index contributed by atoms with van der Waals surface area (Å²) in [5, 5.41) is 5.06. The van der Waals surface area contributed by atoms with E-state index in [1.165, 1.54) is 5.56 Å². The average Bonchev–Trinajstić information content (AvgIpc) is 2.41. The Morgan fingerprint density at radius 3 is 2.48 bits per heavy atom. The fourth-order valence-electron chi connectivity index (χ4n) is 2.36. The van der Waals surface area contributed by atoms with Crippen molar-refractivity contribution < 1.29 is 0 Å². The van der Waals surface area contributed by atoms with Gasteiger partial charge < -0.3 is 5.32 Å². The van der Waals surface area contributed by atoms with Gasteiger partial charge >= 0.3 is 0 Å². The van der Waals surface area contributed by atoms with Crippen molar-refractivity contribution in [2.75, 3.05) is 6.54 Å². The first kappa shape index (κ1) is 16.8. The highest BCUT2D eigenvalue weighted by atomic mass is 79.9. The minimum Gasteiger partial charge on any atom is -0.310 e. The van der Waals surface area contributed by atoms with Gasteiger partial charge in [0.1, 0.15) is 0 Å². The van der Waals surface area contributed by atoms with Gasteiger partial charge in [-0.2, -0.15) is 0 Å². The average molecular weight is 387 g/mol. The molecule has 112 valence electrons. The number of likely N-dealkylation sites (N-methyl/N-ethyl adjacent to an activating group) is 1. The Morgan fingerprint density at radius 1 is 1.10 bits per heavy atom. The molecule has 1 nitrogen and oxygen atoms in total. The summed E-state index contributed by atoms with van der Waals surface area (Å²) in [5.41, 5.74) is 3.40. The van der Waals surface area contributed by atoms with Crippen LogP contribution >= 0.6 is 39.1 Å². The molecule has 0 aliphatic rings. The molecule has 0 aliphatic heterocycles. The van der Waals surface area contributed by atoms with E-state index in [-0.39, 0.29) is 6.04 Å². The van der Waals surface area contributed by atoms with E-state index in [9.17, 15) is 0 Å². The molecule has 1 unspecified atom stereocenters. The number of hydrogen-bond donors (Lipinski definition) is 1. The number of rotatable bonds is 5. The van der Waals surface area contributed by atoms with E-state index in [2.05, 4.69) is 46.4 Å². The molecule has 1 N–H and O–H groups in total. The van der Waals surface area contributed by atoms with Crippen molar-refractivity contribution >= 4 is 39.1 Å². The molecule has 0 amide bonds. The van der Waals surface area contributed by atoms with Gasteiger partial charge in [-0.15, -0.1) is 0 Å². The van der Waals surface area contributed by atoms with Gasteiger partial charge in [0.15, 0.2) is 0 Å². The first-order valence-electron chi connectivity index (χ1n) is 6.94. The van der Waals surface area contributed by atoms with Crippen LogP contribution in [-0.4, -0.2) is 6.54 Å². The summed E-state index contributed by atoms with van der Waals surface area (Å²) < 4.78 is 0.986. The zero-order chi connectivity index (χ0) is 15.4. The van der Waals surface area contributed by atoms with E-state index >= 15 is 0 Å². The predicted molar refractivity (Wildman–Crippen MR) is 95.5 cm³/mol. The highest BCUT2D eigenvalue weighted by molar-refractivity contribution is 9.10. The largest absolute Gasteiger partial charge is 0.310 e. The fraction of sp³-hybridized carbons (Fsp3) is 0.294. The van der Waals surface area contributed by atoms with E-state index in [4.69, 9.17) is 23.2 Å². The van der Waals surface area contributed by atoms with Gasteiger partial charge in [0, 0.05) is 20.6 Å². The van der Waals surface area contributed by atoms with Crippen molar-refractivity contribution in [1.29, 1.82) is 0 Å². The highest BCUT2D eigenvalue weighted by Gasteiger charge is 2.16. The lowest BCUT2D eigenvalue weighted by Gasteiger charge is -2.20. The van der Waals surface area contributed by atoms with E-state index in [1.807, 2.05) is 25.1 Å². The highest BCUT2D eigenvalue weighted by Crippen LogP contribution is 2.30. The summed E-state index contributed by atoms with van der Waals surface area (Å²) in [4.78, 5) is 0. The zero-order valence-corrected chi connectivity index (χ0v) is 15.2. The zero-order valence-electron chi connectivity index (χ0n) is 12.1. The van der Waals surface area contributed by atoms with Gasteiger partial charge in [0.25, 0.3) is 0 Å². The van der Waals surface area contributed by atoms with Crippen LogP contribution in [0.3, 0.4) is 0 Å². The molecule has 1 atom stereocenters. The fourth-order valence-corrected chi connectivity index (χ4v) is 3.48. The molecule has 0 aromatic heterocycles. The molecule has 0 bridgehead atoms. The number of benzene rings is 2. The molecule has 2 rings (SSSR count). The number of nitrogens with one attached hydrogen (secondary N) is 1. The SMILES string of the molecule is CCNC(Cc1ccc(C)cc1Cl)c1ccc(Br)cc1Cl. The van der Waals surface area contributed by atoms with Crippen LogP contribution in [0, 0.1) is 6.92 Å². The number of aryl methyl sites for hydroxylation is 1. The molecule has 0 radical (unpaired) electrons. The second kappa shape index (κ2) is 7.64. The maximum absolute atomic E-state index is 6.39. The van der Waals surface area contributed by atoms with Gasteiger partial charge in [0.2, 0.25) is 0 Å². The summed E-state index contributed by atoms with van der Waals surface area (Å²) >= 11 is 16.2. The summed E-state index contributed by atoms with van der Waals surface area (Å²) in [7, 11) is 0. The van der Waals surface area contributed by atoms with Gasteiger partial charge in [0.05, 0.1) is 0 Å². The van der Waals surface area contributed by atoms with E-state index in [0.717, 1.165) is 38.6 Å². The van der Waals surface area contributed by atoms with Gasteiger partial charge in [-0.3, -0.25) is 0 Å². The molecule has 0 saturated carbocycles. The lowest BCUT2D eigenvalue weighted by molar-refractivity contribution is 0.550. The Kier molecular flexibility index (Phi) is 6.12. The Bertz CT molecular complexity index is 628. The van der Waals surface area contributed by atoms with Crippen molar-refractivity contribution in [3.8, 4) is 0 Å². The van der Waals surface area contributed by atoms with Crippen LogP contribution in [0.2, 0.25) is 10.0 Å². The molecular weight excluding hydrogens is 369 g/mol. The van der Waals surface area contributed by atoms with Crippen LogP contribution in [0.1, 0.15) is 29.7 Å².